The molecule has 1 fully saturated rings. The van der Waals surface area contributed by atoms with E-state index in [1.807, 2.05) is 34.0 Å². The summed E-state index contributed by atoms with van der Waals surface area (Å²) in [7, 11) is 0. The molecule has 1 aromatic heterocycles. The summed E-state index contributed by atoms with van der Waals surface area (Å²) in [6, 6.07) is 10.1. The van der Waals surface area contributed by atoms with Gasteiger partial charge in [-0.05, 0) is 18.5 Å². The van der Waals surface area contributed by atoms with E-state index >= 15 is 0 Å². The van der Waals surface area contributed by atoms with Crippen LogP contribution in [-0.2, 0) is 6.54 Å². The number of nitrogens with one attached hydrogen (secondary N) is 1. The van der Waals surface area contributed by atoms with Crippen molar-refractivity contribution in [3.8, 4) is 0 Å². The molecular weight excluding hydrogens is 264 g/mol. The van der Waals surface area contributed by atoms with E-state index in [1.54, 1.807) is 6.20 Å². The molecule has 0 bridgehead atoms. The van der Waals surface area contributed by atoms with Crippen LogP contribution in [0.5, 0.6) is 0 Å². The zero-order valence-corrected chi connectivity index (χ0v) is 12.0. The van der Waals surface area contributed by atoms with Gasteiger partial charge in [0.1, 0.15) is 0 Å². The van der Waals surface area contributed by atoms with Gasteiger partial charge in [0.05, 0.1) is 18.3 Å². The lowest BCUT2D eigenvalue weighted by Crippen LogP contribution is -2.33. The molecule has 110 valence electrons. The molecule has 1 N–H and O–H groups in total. The van der Waals surface area contributed by atoms with E-state index in [-0.39, 0.29) is 5.91 Å². The molecule has 1 aliphatic heterocycles. The van der Waals surface area contributed by atoms with Crippen molar-refractivity contribution in [3.63, 3.8) is 0 Å². The molecule has 2 aromatic rings. The number of nitrogens with zero attached hydrogens (tertiary/aromatic N) is 3. The van der Waals surface area contributed by atoms with Gasteiger partial charge in [-0.2, -0.15) is 5.10 Å². The van der Waals surface area contributed by atoms with Crippen LogP contribution >= 0.6 is 0 Å². The first-order valence-corrected chi connectivity index (χ1v) is 7.39. The molecule has 1 aromatic carbocycles. The molecule has 5 heteroatoms. The quantitative estimate of drug-likeness (QED) is 0.926. The number of hydrogen-bond acceptors (Lipinski definition) is 3. The second kappa shape index (κ2) is 6.54. The Bertz CT molecular complexity index is 585. The van der Waals surface area contributed by atoms with E-state index in [0.717, 1.165) is 32.6 Å². The minimum absolute atomic E-state index is 0.0815. The minimum Gasteiger partial charge on any atom is -0.337 e. The highest BCUT2D eigenvalue weighted by molar-refractivity contribution is 5.93. The highest BCUT2D eigenvalue weighted by atomic mass is 16.2. The van der Waals surface area contributed by atoms with Gasteiger partial charge in [0.25, 0.3) is 5.91 Å². The van der Waals surface area contributed by atoms with Crippen molar-refractivity contribution in [3.05, 3.63) is 53.9 Å². The van der Waals surface area contributed by atoms with Crippen LogP contribution in [0, 0.1) is 0 Å². The summed E-state index contributed by atoms with van der Waals surface area (Å²) in [6.07, 6.45) is 4.52. The Morgan fingerprint density at radius 3 is 2.90 bits per heavy atom. The number of amides is 1. The van der Waals surface area contributed by atoms with Crippen LogP contribution in [0.25, 0.3) is 0 Å². The largest absolute Gasteiger partial charge is 0.337 e. The predicted octanol–water partition coefficient (Wildman–Crippen LogP) is 1.37. The third-order valence-corrected chi connectivity index (χ3v) is 3.69. The van der Waals surface area contributed by atoms with E-state index in [4.69, 9.17) is 0 Å². The van der Waals surface area contributed by atoms with Gasteiger partial charge in [-0.25, -0.2) is 0 Å². The lowest BCUT2D eigenvalue weighted by molar-refractivity contribution is 0.0766. The third kappa shape index (κ3) is 3.49. The average molecular weight is 284 g/mol. The Morgan fingerprint density at radius 1 is 1.19 bits per heavy atom. The first-order valence-electron chi connectivity index (χ1n) is 7.39. The number of rotatable bonds is 3. The number of carbonyl (C=O) groups is 1. The average Bonchev–Trinajstić information content (AvgIpc) is 2.81. The molecule has 0 unspecified atom stereocenters. The Hall–Kier alpha value is -2.14. The lowest BCUT2D eigenvalue weighted by atomic mass is 10.2. The lowest BCUT2D eigenvalue weighted by Gasteiger charge is -2.18. The van der Waals surface area contributed by atoms with E-state index < -0.39 is 0 Å². The Labute approximate surface area is 124 Å². The van der Waals surface area contributed by atoms with Gasteiger partial charge >= 0.3 is 0 Å². The zero-order valence-electron chi connectivity index (χ0n) is 12.0. The molecule has 1 amide bonds. The van der Waals surface area contributed by atoms with Gasteiger partial charge in [-0.3, -0.25) is 9.48 Å². The van der Waals surface area contributed by atoms with Crippen molar-refractivity contribution < 1.29 is 4.79 Å². The predicted molar refractivity (Wildman–Crippen MR) is 81.2 cm³/mol. The molecule has 0 atom stereocenters. The van der Waals surface area contributed by atoms with E-state index in [1.165, 1.54) is 5.56 Å². The van der Waals surface area contributed by atoms with Gasteiger partial charge in [-0.1, -0.05) is 30.3 Å². The van der Waals surface area contributed by atoms with Crippen molar-refractivity contribution in [2.75, 3.05) is 26.2 Å². The first kappa shape index (κ1) is 13.8. The monoisotopic (exact) mass is 284 g/mol. The smallest absolute Gasteiger partial charge is 0.257 e. The van der Waals surface area contributed by atoms with Crippen LogP contribution in [0.2, 0.25) is 0 Å². The minimum atomic E-state index is 0.0815. The Balaban J connectivity index is 1.67. The van der Waals surface area contributed by atoms with Crippen LogP contribution in [0.1, 0.15) is 22.3 Å². The second-order valence-electron chi connectivity index (χ2n) is 5.31. The van der Waals surface area contributed by atoms with Crippen molar-refractivity contribution in [2.24, 2.45) is 0 Å². The molecule has 0 spiro atoms. The Morgan fingerprint density at radius 2 is 2.05 bits per heavy atom. The van der Waals surface area contributed by atoms with Gasteiger partial charge < -0.3 is 10.2 Å². The van der Waals surface area contributed by atoms with Crippen LogP contribution in [0.15, 0.2) is 42.7 Å². The van der Waals surface area contributed by atoms with Gasteiger partial charge in [0, 0.05) is 25.8 Å². The van der Waals surface area contributed by atoms with Crippen molar-refractivity contribution in [1.82, 2.24) is 20.0 Å². The molecule has 0 radical (unpaired) electrons. The standard InChI is InChI=1S/C16H20N4O/c21-16(19-9-4-7-17-8-10-19)15-11-18-20(13-15)12-14-5-2-1-3-6-14/h1-3,5-6,11,13,17H,4,7-10,12H2. The molecule has 2 heterocycles. The van der Waals surface area contributed by atoms with Crippen molar-refractivity contribution >= 4 is 5.91 Å². The number of hydrogen-bond donors (Lipinski definition) is 1. The molecule has 5 nitrogen and oxygen atoms in total. The summed E-state index contributed by atoms with van der Waals surface area (Å²) in [4.78, 5) is 14.4. The summed E-state index contributed by atoms with van der Waals surface area (Å²) >= 11 is 0. The van der Waals surface area contributed by atoms with Crippen molar-refractivity contribution in [1.29, 1.82) is 0 Å². The van der Waals surface area contributed by atoms with Crippen molar-refractivity contribution in [2.45, 2.75) is 13.0 Å². The molecule has 0 saturated carbocycles. The third-order valence-electron chi connectivity index (χ3n) is 3.69. The summed E-state index contributed by atoms with van der Waals surface area (Å²) < 4.78 is 1.82. The maximum Gasteiger partial charge on any atom is 0.257 e. The molecule has 0 aliphatic carbocycles. The molecule has 3 rings (SSSR count). The van der Waals surface area contributed by atoms with E-state index in [9.17, 15) is 4.79 Å². The highest BCUT2D eigenvalue weighted by Crippen LogP contribution is 2.08. The van der Waals surface area contributed by atoms with Crippen LogP contribution < -0.4 is 5.32 Å². The fourth-order valence-electron chi connectivity index (χ4n) is 2.56. The fraction of sp³-hybridized carbons (Fsp3) is 0.375. The molecule has 1 aliphatic rings. The van der Waals surface area contributed by atoms with Crippen LogP contribution in [0.3, 0.4) is 0 Å². The maximum atomic E-state index is 12.5. The fourth-order valence-corrected chi connectivity index (χ4v) is 2.56. The molecular formula is C16H20N4O. The highest BCUT2D eigenvalue weighted by Gasteiger charge is 2.18. The molecule has 21 heavy (non-hydrogen) atoms. The second-order valence-corrected chi connectivity index (χ2v) is 5.31. The number of carbonyl (C=O) groups excluding carboxylic acids is 1. The van der Waals surface area contributed by atoms with E-state index in [0.29, 0.717) is 12.1 Å². The first-order chi connectivity index (χ1) is 10.3. The van der Waals surface area contributed by atoms with Gasteiger partial charge in [0.2, 0.25) is 0 Å². The normalized spacial score (nSPS) is 15.7. The zero-order chi connectivity index (χ0) is 14.5. The maximum absolute atomic E-state index is 12.5. The van der Waals surface area contributed by atoms with Crippen LogP contribution in [0.4, 0.5) is 0 Å². The topological polar surface area (TPSA) is 50.2 Å². The number of aromatic nitrogens is 2. The SMILES string of the molecule is O=C(c1cnn(Cc2ccccc2)c1)N1CCCNCC1. The number of benzene rings is 1. The van der Waals surface area contributed by atoms with Gasteiger partial charge in [-0.15, -0.1) is 0 Å². The molecule has 1 saturated heterocycles. The van der Waals surface area contributed by atoms with Gasteiger partial charge in [0.15, 0.2) is 0 Å². The Kier molecular flexibility index (Phi) is 4.31. The summed E-state index contributed by atoms with van der Waals surface area (Å²) in [6.45, 7) is 4.12. The summed E-state index contributed by atoms with van der Waals surface area (Å²) in [5.74, 6) is 0.0815. The van der Waals surface area contributed by atoms with E-state index in [2.05, 4.69) is 22.5 Å². The summed E-state index contributed by atoms with van der Waals surface area (Å²) in [5.41, 5.74) is 1.85. The summed E-state index contributed by atoms with van der Waals surface area (Å²) in [5, 5.41) is 7.61. The van der Waals surface area contributed by atoms with Crippen LogP contribution in [-0.4, -0.2) is 46.8 Å².